The number of unbranched alkanes of at least 4 members (excludes halogenated alkanes) is 27. The third kappa shape index (κ3) is 49.5. The highest BCUT2D eigenvalue weighted by Gasteiger charge is 2.47. The number of amides is 1. The second kappa shape index (κ2) is 62.3. The van der Waals surface area contributed by atoms with Gasteiger partial charge in [-0.2, -0.15) is 0 Å². The predicted octanol–water partition coefficient (Wildman–Crippen LogP) is 18.2. The van der Waals surface area contributed by atoms with E-state index in [4.69, 9.17) is 14.2 Å². The molecule has 0 radical (unpaired) electrons. The summed E-state index contributed by atoms with van der Waals surface area (Å²) in [7, 11) is 0. The molecular formula is C76H129NO10. The average molecular weight is 1220 g/mol. The summed E-state index contributed by atoms with van der Waals surface area (Å²) in [5.41, 5.74) is 0. The molecule has 87 heavy (non-hydrogen) atoms. The quantitative estimate of drug-likeness (QED) is 0.0195. The van der Waals surface area contributed by atoms with E-state index < -0.39 is 67.4 Å². The molecule has 0 aromatic heterocycles. The Balaban J connectivity index is 2.58. The van der Waals surface area contributed by atoms with Gasteiger partial charge in [0, 0.05) is 6.42 Å². The molecule has 11 nitrogen and oxygen atoms in total. The summed E-state index contributed by atoms with van der Waals surface area (Å²) in [4.78, 5) is 26.7. The van der Waals surface area contributed by atoms with Gasteiger partial charge in [-0.3, -0.25) is 9.59 Å². The zero-order valence-corrected chi connectivity index (χ0v) is 55.3. The van der Waals surface area contributed by atoms with E-state index >= 15 is 0 Å². The van der Waals surface area contributed by atoms with Crippen LogP contribution in [0.3, 0.4) is 0 Å². The van der Waals surface area contributed by atoms with Crippen LogP contribution in [-0.2, 0) is 23.8 Å². The van der Waals surface area contributed by atoms with Gasteiger partial charge < -0.3 is 45.1 Å². The summed E-state index contributed by atoms with van der Waals surface area (Å²) in [6.07, 6.45) is 76.6. The van der Waals surface area contributed by atoms with Gasteiger partial charge >= 0.3 is 5.97 Å². The lowest BCUT2D eigenvalue weighted by atomic mass is 9.99. The Morgan fingerprint density at radius 2 is 0.828 bits per heavy atom. The molecule has 0 aliphatic carbocycles. The third-order valence-electron chi connectivity index (χ3n) is 15.8. The predicted molar refractivity (Wildman–Crippen MR) is 365 cm³/mol. The molecule has 8 unspecified atom stereocenters. The number of carbonyl (C=O) groups is 2. The fraction of sp³-hybridized carbons (Fsp3) is 0.711. The smallest absolute Gasteiger partial charge is 0.306 e. The molecule has 1 aliphatic heterocycles. The fourth-order valence-electron chi connectivity index (χ4n) is 10.3. The van der Waals surface area contributed by atoms with Gasteiger partial charge in [0.1, 0.15) is 24.4 Å². The molecule has 6 N–H and O–H groups in total. The summed E-state index contributed by atoms with van der Waals surface area (Å²) < 4.78 is 17.7. The number of rotatable bonds is 59. The first kappa shape index (κ1) is 81.1. The van der Waals surface area contributed by atoms with Crippen molar-refractivity contribution in [3.05, 3.63) is 122 Å². The van der Waals surface area contributed by atoms with Crippen LogP contribution in [-0.4, -0.2) is 99.6 Å². The van der Waals surface area contributed by atoms with Crippen LogP contribution in [0.15, 0.2) is 122 Å². The van der Waals surface area contributed by atoms with Crippen LogP contribution in [0.5, 0.6) is 0 Å². The van der Waals surface area contributed by atoms with Gasteiger partial charge in [-0.15, -0.1) is 0 Å². The molecule has 0 bridgehead atoms. The van der Waals surface area contributed by atoms with E-state index in [0.717, 1.165) is 135 Å². The summed E-state index contributed by atoms with van der Waals surface area (Å²) >= 11 is 0. The highest BCUT2D eigenvalue weighted by atomic mass is 16.7. The minimum atomic E-state index is -1.63. The number of carbonyl (C=O) groups excluding carboxylic acids is 2. The minimum Gasteiger partial charge on any atom is -0.454 e. The van der Waals surface area contributed by atoms with Crippen LogP contribution in [0.2, 0.25) is 0 Å². The monoisotopic (exact) mass is 1220 g/mol. The molecule has 1 fully saturated rings. The Morgan fingerprint density at radius 3 is 1.26 bits per heavy atom. The number of aliphatic hydroxyl groups excluding tert-OH is 5. The molecule has 1 amide bonds. The largest absolute Gasteiger partial charge is 0.454 e. The van der Waals surface area contributed by atoms with Crippen molar-refractivity contribution in [3.63, 3.8) is 0 Å². The molecule has 0 aromatic rings. The first-order valence-corrected chi connectivity index (χ1v) is 35.3. The molecule has 0 aromatic carbocycles. The first-order valence-electron chi connectivity index (χ1n) is 35.3. The molecule has 1 heterocycles. The van der Waals surface area contributed by atoms with Crippen molar-refractivity contribution >= 4 is 11.9 Å². The van der Waals surface area contributed by atoms with Crippen LogP contribution < -0.4 is 5.32 Å². The maximum absolute atomic E-state index is 13.5. The van der Waals surface area contributed by atoms with E-state index in [1.165, 1.54) is 103 Å². The molecule has 8 atom stereocenters. The van der Waals surface area contributed by atoms with Crippen LogP contribution >= 0.6 is 0 Å². The van der Waals surface area contributed by atoms with E-state index in [1.807, 2.05) is 6.08 Å². The number of aliphatic hydroxyl groups is 5. The lowest BCUT2D eigenvalue weighted by molar-refractivity contribution is -0.305. The SMILES string of the molecule is CC/C=C\C/C=C\C/C=C\C/C=C\C/C=C\CCCCCCCC(=O)OC1C(OCC(NC(=O)C(O)CCCCCCCCCCCC/C=C\C/C=C\C/C=C\C/C=C\CCCCC)C(O)/C=C/CCCCCCCCCCC)OC(CO)C(O)C1O. The number of hydrogen-bond acceptors (Lipinski definition) is 10. The minimum absolute atomic E-state index is 0.0952. The zero-order chi connectivity index (χ0) is 63.1. The van der Waals surface area contributed by atoms with Gasteiger partial charge in [0.25, 0.3) is 0 Å². The van der Waals surface area contributed by atoms with E-state index in [2.05, 4.69) is 135 Å². The second-order valence-electron chi connectivity index (χ2n) is 23.9. The average Bonchev–Trinajstić information content (AvgIpc) is 3.60. The van der Waals surface area contributed by atoms with Gasteiger partial charge in [-0.1, -0.05) is 284 Å². The molecule has 0 saturated carbocycles. The second-order valence-corrected chi connectivity index (χ2v) is 23.9. The van der Waals surface area contributed by atoms with Gasteiger partial charge in [-0.05, 0) is 116 Å². The Hall–Kier alpha value is -3.94. The van der Waals surface area contributed by atoms with Crippen LogP contribution in [0, 0.1) is 0 Å². The van der Waals surface area contributed by atoms with E-state index in [0.29, 0.717) is 12.8 Å². The van der Waals surface area contributed by atoms with Crippen molar-refractivity contribution in [2.75, 3.05) is 13.2 Å². The summed E-state index contributed by atoms with van der Waals surface area (Å²) in [5.74, 6) is -1.22. The molecule has 0 spiro atoms. The number of esters is 1. The van der Waals surface area contributed by atoms with Gasteiger partial charge in [0.05, 0.1) is 25.4 Å². The standard InChI is InChI=1S/C76H129NO10/c1-4-7-10-13-16-19-22-24-26-28-30-32-33-34-35-36-38-39-41-43-45-48-51-54-57-60-63-69(80)75(84)77-67(68(79)62-59-56-53-50-47-21-18-15-12-9-6-3)66-85-76-74(73(83)72(82)70(65-78)86-76)87-71(81)64-61-58-55-52-49-46-44-42-40-37-31-29-27-25-23-20-17-14-11-8-5-2/h8,11,16-17,19-20,24-27,30-32,34-35,37,42,44,59,62,67-70,72-74,76,78-80,82-83H,4-7,9-10,12-15,18,21-23,28-29,33,36,38-41,43,45-58,60-61,63-66H2,1-3H3,(H,77,84)/b11-8-,19-16-,20-17-,26-24-,27-25-,32-30-,35-34-,37-31-,44-42-,62-59+. The lowest BCUT2D eigenvalue weighted by Crippen LogP contribution is -2.61. The van der Waals surface area contributed by atoms with Crippen LogP contribution in [0.25, 0.3) is 0 Å². The number of allylic oxidation sites excluding steroid dienone is 19. The maximum Gasteiger partial charge on any atom is 0.306 e. The molecule has 498 valence electrons. The van der Waals surface area contributed by atoms with Crippen LogP contribution in [0.4, 0.5) is 0 Å². The van der Waals surface area contributed by atoms with Gasteiger partial charge in [-0.25, -0.2) is 0 Å². The normalized spacial score (nSPS) is 19.0. The molecule has 1 aliphatic rings. The van der Waals surface area contributed by atoms with Crippen molar-refractivity contribution in [2.24, 2.45) is 0 Å². The highest BCUT2D eigenvalue weighted by molar-refractivity contribution is 5.80. The molecule has 1 saturated heterocycles. The van der Waals surface area contributed by atoms with E-state index in [9.17, 15) is 35.1 Å². The Bertz CT molecular complexity index is 1880. The Kier molecular flexibility index (Phi) is 58.0. The molecular weight excluding hydrogens is 1090 g/mol. The van der Waals surface area contributed by atoms with E-state index in [-0.39, 0.29) is 19.4 Å². The summed E-state index contributed by atoms with van der Waals surface area (Å²) in [6.45, 7) is 5.64. The van der Waals surface area contributed by atoms with Crippen molar-refractivity contribution < 1.29 is 49.3 Å². The van der Waals surface area contributed by atoms with Crippen molar-refractivity contribution in [1.82, 2.24) is 5.32 Å². The van der Waals surface area contributed by atoms with Gasteiger partial charge in [0.2, 0.25) is 5.91 Å². The number of hydrogen-bond donors (Lipinski definition) is 6. The summed E-state index contributed by atoms with van der Waals surface area (Å²) in [5, 5.41) is 57.2. The van der Waals surface area contributed by atoms with Crippen molar-refractivity contribution in [3.8, 4) is 0 Å². The van der Waals surface area contributed by atoms with Crippen molar-refractivity contribution in [1.29, 1.82) is 0 Å². The van der Waals surface area contributed by atoms with Crippen molar-refractivity contribution in [2.45, 2.75) is 333 Å². The topological polar surface area (TPSA) is 175 Å². The Morgan fingerprint density at radius 1 is 0.460 bits per heavy atom. The van der Waals surface area contributed by atoms with E-state index in [1.54, 1.807) is 6.08 Å². The highest BCUT2D eigenvalue weighted by Crippen LogP contribution is 2.26. The fourth-order valence-corrected chi connectivity index (χ4v) is 10.3. The number of ether oxygens (including phenoxy) is 3. The third-order valence-corrected chi connectivity index (χ3v) is 15.8. The summed E-state index contributed by atoms with van der Waals surface area (Å²) in [6, 6.07) is -1.04. The molecule has 1 rings (SSSR count). The van der Waals surface area contributed by atoms with Crippen LogP contribution in [0.1, 0.15) is 284 Å². The lowest BCUT2D eigenvalue weighted by Gasteiger charge is -2.41. The Labute approximate surface area is 531 Å². The van der Waals surface area contributed by atoms with Gasteiger partial charge in [0.15, 0.2) is 12.4 Å². The first-order chi connectivity index (χ1) is 42.7. The number of nitrogens with one attached hydrogen (secondary N) is 1. The maximum atomic E-state index is 13.5. The zero-order valence-electron chi connectivity index (χ0n) is 55.3. The molecule has 11 heteroatoms.